The molecule has 2 aliphatic heterocycles. The molecule has 0 unspecified atom stereocenters. The van der Waals surface area contributed by atoms with Crippen molar-refractivity contribution in [1.29, 1.82) is 0 Å². The summed E-state index contributed by atoms with van der Waals surface area (Å²) in [6.07, 6.45) is 1.39. The number of piperidine rings is 1. The molecule has 23 heavy (non-hydrogen) atoms. The van der Waals surface area contributed by atoms with Crippen LogP contribution in [0, 0.1) is 0 Å². The first-order valence-corrected chi connectivity index (χ1v) is 7.85. The number of hydrogen-bond donors (Lipinski definition) is 0. The minimum Gasteiger partial charge on any atom is -0.350 e. The van der Waals surface area contributed by atoms with E-state index in [2.05, 4.69) is 5.16 Å². The number of carbonyl (C=O) groups is 1. The van der Waals surface area contributed by atoms with Crippen molar-refractivity contribution in [2.45, 2.75) is 18.6 Å². The maximum atomic E-state index is 12.6. The quantitative estimate of drug-likeness (QED) is 0.851. The minimum absolute atomic E-state index is 0.132. The molecule has 2 saturated heterocycles. The van der Waals surface area contributed by atoms with Crippen LogP contribution in [0.3, 0.4) is 0 Å². The summed E-state index contributed by atoms with van der Waals surface area (Å²) in [4.78, 5) is 14.3. The zero-order valence-corrected chi connectivity index (χ0v) is 12.7. The normalized spacial score (nSPS) is 20.1. The van der Waals surface area contributed by atoms with E-state index in [0.29, 0.717) is 44.8 Å². The summed E-state index contributed by atoms with van der Waals surface area (Å²) >= 11 is 0. The molecule has 0 N–H and O–H groups in total. The van der Waals surface area contributed by atoms with E-state index >= 15 is 0 Å². The molecule has 2 fully saturated rings. The fourth-order valence-electron chi connectivity index (χ4n) is 3.11. The Labute approximate surface area is 134 Å². The Kier molecular flexibility index (Phi) is 3.63. The van der Waals surface area contributed by atoms with Crippen LogP contribution in [0.15, 0.2) is 40.9 Å². The van der Waals surface area contributed by atoms with Gasteiger partial charge >= 0.3 is 0 Å². The Morgan fingerprint density at radius 1 is 1.09 bits per heavy atom. The van der Waals surface area contributed by atoms with Gasteiger partial charge in [-0.25, -0.2) is 0 Å². The van der Waals surface area contributed by atoms with Crippen LogP contribution in [0.5, 0.6) is 0 Å². The van der Waals surface area contributed by atoms with Crippen molar-refractivity contribution in [1.82, 2.24) is 10.1 Å². The third-order valence-corrected chi connectivity index (χ3v) is 4.42. The van der Waals surface area contributed by atoms with Crippen molar-refractivity contribution in [3.05, 3.63) is 42.2 Å². The summed E-state index contributed by atoms with van der Waals surface area (Å²) in [5, 5.41) is 4.00. The zero-order valence-electron chi connectivity index (χ0n) is 12.7. The van der Waals surface area contributed by atoms with E-state index in [0.717, 1.165) is 5.56 Å². The molecule has 3 heterocycles. The number of likely N-dealkylation sites (tertiary alicyclic amines) is 1. The van der Waals surface area contributed by atoms with Gasteiger partial charge in [0.15, 0.2) is 5.79 Å². The van der Waals surface area contributed by atoms with Crippen LogP contribution >= 0.6 is 0 Å². The van der Waals surface area contributed by atoms with E-state index in [4.69, 9.17) is 14.0 Å². The molecule has 6 nitrogen and oxygen atoms in total. The smallest absolute Gasteiger partial charge is 0.292 e. The van der Waals surface area contributed by atoms with Crippen molar-refractivity contribution >= 4 is 5.91 Å². The molecular weight excluding hydrogens is 296 g/mol. The number of amides is 1. The number of hydrogen-bond acceptors (Lipinski definition) is 5. The van der Waals surface area contributed by atoms with Gasteiger partial charge in [0.1, 0.15) is 5.69 Å². The van der Waals surface area contributed by atoms with Crippen molar-refractivity contribution < 1.29 is 18.8 Å². The first-order chi connectivity index (χ1) is 11.3. The topological polar surface area (TPSA) is 64.8 Å². The van der Waals surface area contributed by atoms with E-state index in [1.54, 1.807) is 11.0 Å². The summed E-state index contributed by atoms with van der Waals surface area (Å²) in [5.41, 5.74) is 1.60. The van der Waals surface area contributed by atoms with E-state index in [1.165, 1.54) is 0 Å². The fraction of sp³-hybridized carbons (Fsp3) is 0.412. The highest BCUT2D eigenvalue weighted by Gasteiger charge is 2.41. The average Bonchev–Trinajstić information content (AvgIpc) is 3.26. The number of nitrogens with zero attached hydrogens (tertiary/aromatic N) is 2. The molecule has 6 heteroatoms. The number of ether oxygens (including phenoxy) is 2. The Bertz CT molecular complexity index is 682. The molecule has 0 atom stereocenters. The Hall–Kier alpha value is -2.18. The van der Waals surface area contributed by atoms with E-state index in [-0.39, 0.29) is 11.7 Å². The molecule has 0 radical (unpaired) electrons. The van der Waals surface area contributed by atoms with Gasteiger partial charge in [-0.2, -0.15) is 0 Å². The van der Waals surface area contributed by atoms with E-state index in [9.17, 15) is 4.79 Å². The van der Waals surface area contributed by atoms with Crippen LogP contribution in [0.2, 0.25) is 0 Å². The molecule has 1 aromatic carbocycles. The molecule has 1 amide bonds. The second kappa shape index (κ2) is 5.79. The molecule has 4 rings (SSSR count). The lowest BCUT2D eigenvalue weighted by Gasteiger charge is -2.37. The van der Waals surface area contributed by atoms with Gasteiger partial charge in [0.2, 0.25) is 5.76 Å². The highest BCUT2D eigenvalue weighted by atomic mass is 16.7. The summed E-state index contributed by atoms with van der Waals surface area (Å²) in [7, 11) is 0. The van der Waals surface area contributed by atoms with Crippen LogP contribution in [-0.2, 0) is 9.47 Å². The first kappa shape index (κ1) is 14.4. The SMILES string of the molecule is O=C(c1cc(-c2ccccc2)no1)N1CCC2(CC1)OCCO2. The van der Waals surface area contributed by atoms with Crippen molar-refractivity contribution in [2.75, 3.05) is 26.3 Å². The number of aromatic nitrogens is 1. The summed E-state index contributed by atoms with van der Waals surface area (Å²) in [6.45, 7) is 2.47. The maximum absolute atomic E-state index is 12.6. The number of rotatable bonds is 2. The molecular formula is C17H18N2O4. The average molecular weight is 314 g/mol. The molecule has 1 spiro atoms. The van der Waals surface area contributed by atoms with Gasteiger partial charge in [-0.15, -0.1) is 0 Å². The van der Waals surface area contributed by atoms with Crippen LogP contribution in [0.1, 0.15) is 23.4 Å². The number of benzene rings is 1. The predicted octanol–water partition coefficient (Wildman–Crippen LogP) is 2.32. The monoisotopic (exact) mass is 314 g/mol. The minimum atomic E-state index is -0.479. The fourth-order valence-corrected chi connectivity index (χ4v) is 3.11. The van der Waals surface area contributed by atoms with Gasteiger partial charge in [0, 0.05) is 37.6 Å². The second-order valence-electron chi connectivity index (χ2n) is 5.84. The highest BCUT2D eigenvalue weighted by Crippen LogP contribution is 2.32. The van der Waals surface area contributed by atoms with Crippen LogP contribution in [-0.4, -0.2) is 48.1 Å². The van der Waals surface area contributed by atoms with Gasteiger partial charge < -0.3 is 18.9 Å². The number of carbonyl (C=O) groups excluding carboxylic acids is 1. The standard InChI is InChI=1S/C17H18N2O4/c20-16(19-8-6-17(7-9-19)21-10-11-22-17)15-12-14(18-23-15)13-4-2-1-3-5-13/h1-5,12H,6-11H2. The lowest BCUT2D eigenvalue weighted by atomic mass is 10.0. The summed E-state index contributed by atoms with van der Waals surface area (Å²) in [5.74, 6) is -0.339. The largest absolute Gasteiger partial charge is 0.350 e. The molecule has 2 aromatic rings. The molecule has 1 aromatic heterocycles. The van der Waals surface area contributed by atoms with Gasteiger partial charge in [-0.05, 0) is 0 Å². The van der Waals surface area contributed by atoms with Crippen molar-refractivity contribution in [2.24, 2.45) is 0 Å². The Balaban J connectivity index is 1.45. The third kappa shape index (κ3) is 2.75. The molecule has 0 saturated carbocycles. The van der Waals surface area contributed by atoms with Crippen LogP contribution < -0.4 is 0 Å². The van der Waals surface area contributed by atoms with Crippen molar-refractivity contribution in [3.8, 4) is 11.3 Å². The van der Waals surface area contributed by atoms with Crippen molar-refractivity contribution in [3.63, 3.8) is 0 Å². The molecule has 2 aliphatic rings. The predicted molar refractivity (Wildman–Crippen MR) is 81.7 cm³/mol. The molecule has 0 aliphatic carbocycles. The van der Waals surface area contributed by atoms with Gasteiger partial charge in [0.25, 0.3) is 5.91 Å². The third-order valence-electron chi connectivity index (χ3n) is 4.42. The highest BCUT2D eigenvalue weighted by molar-refractivity contribution is 5.92. The van der Waals surface area contributed by atoms with Gasteiger partial charge in [-0.3, -0.25) is 4.79 Å². The van der Waals surface area contributed by atoms with E-state index < -0.39 is 5.79 Å². The second-order valence-corrected chi connectivity index (χ2v) is 5.84. The van der Waals surface area contributed by atoms with Crippen LogP contribution in [0.4, 0.5) is 0 Å². The lowest BCUT2D eigenvalue weighted by Crippen LogP contribution is -2.47. The van der Waals surface area contributed by atoms with Gasteiger partial charge in [0.05, 0.1) is 13.2 Å². The first-order valence-electron chi connectivity index (χ1n) is 7.85. The zero-order chi connectivity index (χ0) is 15.7. The van der Waals surface area contributed by atoms with Gasteiger partial charge in [-0.1, -0.05) is 35.5 Å². The van der Waals surface area contributed by atoms with Crippen LogP contribution in [0.25, 0.3) is 11.3 Å². The molecule has 0 bridgehead atoms. The molecule has 120 valence electrons. The van der Waals surface area contributed by atoms with E-state index in [1.807, 2.05) is 30.3 Å². The maximum Gasteiger partial charge on any atom is 0.292 e. The summed E-state index contributed by atoms with van der Waals surface area (Å²) in [6, 6.07) is 11.4. The summed E-state index contributed by atoms with van der Waals surface area (Å²) < 4.78 is 16.6. The lowest BCUT2D eigenvalue weighted by molar-refractivity contribution is -0.181. The Morgan fingerprint density at radius 2 is 1.78 bits per heavy atom. The Morgan fingerprint density at radius 3 is 2.48 bits per heavy atom.